The van der Waals surface area contributed by atoms with E-state index in [2.05, 4.69) is 23.3 Å². The number of aromatic nitrogens is 2. The van der Waals surface area contributed by atoms with E-state index in [4.69, 9.17) is 4.74 Å². The first-order valence-electron chi connectivity index (χ1n) is 6.64. The van der Waals surface area contributed by atoms with Crippen molar-refractivity contribution in [2.24, 2.45) is 7.05 Å². The fourth-order valence-corrected chi connectivity index (χ4v) is 2.14. The average Bonchev–Trinajstić information content (AvgIpc) is 2.85. The van der Waals surface area contributed by atoms with Crippen molar-refractivity contribution in [3.8, 4) is 5.75 Å². The summed E-state index contributed by atoms with van der Waals surface area (Å²) in [6.07, 6.45) is 4.77. The Morgan fingerprint density at radius 3 is 2.79 bits per heavy atom. The third kappa shape index (κ3) is 2.96. The predicted molar refractivity (Wildman–Crippen MR) is 76.3 cm³/mol. The largest absolute Gasteiger partial charge is 0.493 e. The van der Waals surface area contributed by atoms with Crippen molar-refractivity contribution in [2.45, 2.75) is 19.4 Å². The first-order valence-corrected chi connectivity index (χ1v) is 6.64. The molecule has 1 N–H and O–H groups in total. The summed E-state index contributed by atoms with van der Waals surface area (Å²) >= 11 is 0. The highest BCUT2D eigenvalue weighted by Crippen LogP contribution is 2.28. The molecule has 0 radical (unpaired) electrons. The number of imidazole rings is 1. The molecule has 102 valence electrons. The molecular weight excluding hydrogens is 238 g/mol. The maximum absolute atomic E-state index is 5.83. The Kier molecular flexibility index (Phi) is 4.58. The zero-order valence-corrected chi connectivity index (χ0v) is 11.8. The van der Waals surface area contributed by atoms with Crippen LogP contribution in [-0.2, 0) is 7.05 Å². The summed E-state index contributed by atoms with van der Waals surface area (Å²) < 4.78 is 7.86. The molecule has 2 rings (SSSR count). The molecular formula is C15H21N3O. The van der Waals surface area contributed by atoms with Crippen molar-refractivity contribution >= 4 is 0 Å². The van der Waals surface area contributed by atoms with Gasteiger partial charge in [0.15, 0.2) is 0 Å². The summed E-state index contributed by atoms with van der Waals surface area (Å²) in [7, 11) is 3.94. The molecule has 0 bridgehead atoms. The number of nitrogens with zero attached hydrogens (tertiary/aromatic N) is 2. The number of benzene rings is 1. The molecule has 1 heterocycles. The minimum atomic E-state index is 0.0352. The van der Waals surface area contributed by atoms with E-state index in [-0.39, 0.29) is 6.04 Å². The van der Waals surface area contributed by atoms with E-state index in [0.29, 0.717) is 0 Å². The summed E-state index contributed by atoms with van der Waals surface area (Å²) in [5.74, 6) is 1.90. The minimum absolute atomic E-state index is 0.0352. The molecule has 0 fully saturated rings. The van der Waals surface area contributed by atoms with Gasteiger partial charge in [0.2, 0.25) is 0 Å². The Labute approximate surface area is 114 Å². The van der Waals surface area contributed by atoms with Gasteiger partial charge in [0.1, 0.15) is 11.6 Å². The van der Waals surface area contributed by atoms with Gasteiger partial charge in [-0.25, -0.2) is 4.98 Å². The van der Waals surface area contributed by atoms with E-state index >= 15 is 0 Å². The van der Waals surface area contributed by atoms with Crippen LogP contribution in [0.15, 0.2) is 36.7 Å². The molecule has 1 aromatic heterocycles. The topological polar surface area (TPSA) is 39.1 Å². The van der Waals surface area contributed by atoms with Crippen LogP contribution in [-0.4, -0.2) is 23.2 Å². The van der Waals surface area contributed by atoms with Crippen LogP contribution in [0.3, 0.4) is 0 Å². The quantitative estimate of drug-likeness (QED) is 0.866. The normalized spacial score (nSPS) is 12.4. The Balaban J connectivity index is 2.35. The average molecular weight is 259 g/mol. The van der Waals surface area contributed by atoms with Gasteiger partial charge in [-0.2, -0.15) is 0 Å². The predicted octanol–water partition coefficient (Wildman–Crippen LogP) is 2.52. The van der Waals surface area contributed by atoms with Crippen molar-refractivity contribution in [3.63, 3.8) is 0 Å². The van der Waals surface area contributed by atoms with Crippen molar-refractivity contribution in [1.29, 1.82) is 0 Å². The van der Waals surface area contributed by atoms with E-state index in [9.17, 15) is 0 Å². The molecule has 0 aliphatic rings. The highest BCUT2D eigenvalue weighted by Gasteiger charge is 2.19. The molecule has 19 heavy (non-hydrogen) atoms. The van der Waals surface area contributed by atoms with Gasteiger partial charge < -0.3 is 14.6 Å². The molecule has 0 spiro atoms. The first kappa shape index (κ1) is 13.6. The lowest BCUT2D eigenvalue weighted by molar-refractivity contribution is 0.311. The third-order valence-electron chi connectivity index (χ3n) is 3.10. The standard InChI is InChI=1S/C15H21N3O/c1-4-11-19-13-8-6-5-7-12(13)14(16-2)15-17-9-10-18(15)3/h5-10,14,16H,4,11H2,1-3H3. The van der Waals surface area contributed by atoms with Gasteiger partial charge in [-0.3, -0.25) is 0 Å². The van der Waals surface area contributed by atoms with Crippen LogP contribution >= 0.6 is 0 Å². The molecule has 0 amide bonds. The van der Waals surface area contributed by atoms with E-state index in [0.717, 1.165) is 30.2 Å². The lowest BCUT2D eigenvalue weighted by Crippen LogP contribution is -2.22. The maximum atomic E-state index is 5.83. The van der Waals surface area contributed by atoms with Gasteiger partial charge in [0.25, 0.3) is 0 Å². The molecule has 1 unspecified atom stereocenters. The van der Waals surface area contributed by atoms with Gasteiger partial charge in [-0.05, 0) is 19.5 Å². The van der Waals surface area contributed by atoms with Crippen LogP contribution in [0.2, 0.25) is 0 Å². The lowest BCUT2D eigenvalue weighted by Gasteiger charge is -2.19. The van der Waals surface area contributed by atoms with E-state index < -0.39 is 0 Å². The highest BCUT2D eigenvalue weighted by atomic mass is 16.5. The molecule has 1 atom stereocenters. The van der Waals surface area contributed by atoms with Crippen molar-refractivity contribution in [3.05, 3.63) is 48.0 Å². The Morgan fingerprint density at radius 2 is 2.16 bits per heavy atom. The van der Waals surface area contributed by atoms with Gasteiger partial charge in [0.05, 0.1) is 12.6 Å². The van der Waals surface area contributed by atoms with Crippen LogP contribution < -0.4 is 10.1 Å². The van der Waals surface area contributed by atoms with Gasteiger partial charge in [0, 0.05) is 25.0 Å². The Bertz CT molecular complexity index is 522. The summed E-state index contributed by atoms with van der Waals surface area (Å²) in [5, 5.41) is 3.32. The SMILES string of the molecule is CCCOc1ccccc1C(NC)c1nccn1C. The summed E-state index contributed by atoms with van der Waals surface area (Å²) in [5.41, 5.74) is 1.12. The number of ether oxygens (including phenoxy) is 1. The smallest absolute Gasteiger partial charge is 0.130 e. The van der Waals surface area contributed by atoms with Crippen molar-refractivity contribution in [1.82, 2.24) is 14.9 Å². The van der Waals surface area contributed by atoms with Gasteiger partial charge in [-0.15, -0.1) is 0 Å². The maximum Gasteiger partial charge on any atom is 0.130 e. The number of aryl methyl sites for hydroxylation is 1. The second-order valence-electron chi connectivity index (χ2n) is 4.50. The molecule has 4 nitrogen and oxygen atoms in total. The van der Waals surface area contributed by atoms with Crippen molar-refractivity contribution in [2.75, 3.05) is 13.7 Å². The van der Waals surface area contributed by atoms with Crippen LogP contribution in [0, 0.1) is 0 Å². The number of nitrogens with one attached hydrogen (secondary N) is 1. The van der Waals surface area contributed by atoms with Crippen LogP contribution in [0.4, 0.5) is 0 Å². The highest BCUT2D eigenvalue weighted by molar-refractivity contribution is 5.39. The molecule has 0 saturated carbocycles. The molecule has 1 aromatic carbocycles. The molecule has 0 saturated heterocycles. The fourth-order valence-electron chi connectivity index (χ4n) is 2.14. The Hall–Kier alpha value is -1.81. The monoisotopic (exact) mass is 259 g/mol. The molecule has 0 aliphatic carbocycles. The van der Waals surface area contributed by atoms with Crippen LogP contribution in [0.5, 0.6) is 5.75 Å². The molecule has 2 aromatic rings. The fraction of sp³-hybridized carbons (Fsp3) is 0.400. The zero-order chi connectivity index (χ0) is 13.7. The van der Waals surface area contributed by atoms with Crippen LogP contribution in [0.1, 0.15) is 30.8 Å². The first-order chi connectivity index (χ1) is 9.27. The number of rotatable bonds is 6. The van der Waals surface area contributed by atoms with E-state index in [1.54, 1.807) is 0 Å². The van der Waals surface area contributed by atoms with Crippen molar-refractivity contribution < 1.29 is 4.74 Å². The van der Waals surface area contributed by atoms with E-state index in [1.807, 2.05) is 49.3 Å². The van der Waals surface area contributed by atoms with E-state index in [1.165, 1.54) is 0 Å². The van der Waals surface area contributed by atoms with Gasteiger partial charge in [-0.1, -0.05) is 25.1 Å². The van der Waals surface area contributed by atoms with Crippen LogP contribution in [0.25, 0.3) is 0 Å². The Morgan fingerprint density at radius 1 is 1.37 bits per heavy atom. The molecule has 0 aliphatic heterocycles. The minimum Gasteiger partial charge on any atom is -0.493 e. The second kappa shape index (κ2) is 6.38. The van der Waals surface area contributed by atoms with Gasteiger partial charge >= 0.3 is 0 Å². The lowest BCUT2D eigenvalue weighted by atomic mass is 10.1. The summed E-state index contributed by atoms with van der Waals surface area (Å²) in [6.45, 7) is 2.84. The summed E-state index contributed by atoms with van der Waals surface area (Å²) in [6, 6.07) is 8.16. The number of para-hydroxylation sites is 1. The molecule has 4 heteroatoms. The number of hydrogen-bond acceptors (Lipinski definition) is 3. The summed E-state index contributed by atoms with van der Waals surface area (Å²) in [4.78, 5) is 4.43. The zero-order valence-electron chi connectivity index (χ0n) is 11.8. The number of hydrogen-bond donors (Lipinski definition) is 1. The second-order valence-corrected chi connectivity index (χ2v) is 4.50. The third-order valence-corrected chi connectivity index (χ3v) is 3.10.